The van der Waals surface area contributed by atoms with Gasteiger partial charge in [-0.2, -0.15) is 0 Å². The van der Waals surface area contributed by atoms with Crippen LogP contribution in [0.15, 0.2) is 4.99 Å². The zero-order valence-electron chi connectivity index (χ0n) is 17.0. The number of nitrogens with one attached hydrogen (secondary N) is 1. The Hall–Kier alpha value is -0.920. The number of esters is 1. The van der Waals surface area contributed by atoms with Gasteiger partial charge in [-0.1, -0.05) is 47.0 Å². The van der Waals surface area contributed by atoms with Crippen molar-refractivity contribution in [2.45, 2.75) is 73.1 Å². The van der Waals surface area contributed by atoms with Gasteiger partial charge in [0, 0.05) is 6.92 Å². The molecule has 1 aliphatic rings. The van der Waals surface area contributed by atoms with Crippen LogP contribution < -0.4 is 40.0 Å². The number of ether oxygens (including phenoxy) is 1. The van der Waals surface area contributed by atoms with E-state index in [1.54, 1.807) is 6.92 Å². The van der Waals surface area contributed by atoms with Gasteiger partial charge < -0.3 is 15.2 Å². The molecule has 8 heteroatoms. The minimum atomic E-state index is -1.15. The SMILES string of the molecule is CCCC(C)C1(CC)C(=O)N=C([O-])NC1=O.CCCCCOC(C)=O.[Na+]. The Balaban J connectivity index is 0. The first kappa shape index (κ1) is 27.3. The van der Waals surface area contributed by atoms with Crippen molar-refractivity contribution in [1.82, 2.24) is 5.32 Å². The van der Waals surface area contributed by atoms with Gasteiger partial charge in [0.25, 0.3) is 5.91 Å². The molecule has 26 heavy (non-hydrogen) atoms. The molecule has 0 aromatic rings. The topological polar surface area (TPSA) is 108 Å². The molecule has 0 radical (unpaired) electrons. The minimum Gasteiger partial charge on any atom is -0.846 e. The number of amides is 2. The molecule has 2 atom stereocenters. The Morgan fingerprint density at radius 3 is 2.27 bits per heavy atom. The number of amidine groups is 1. The van der Waals surface area contributed by atoms with Gasteiger partial charge in [0.1, 0.15) is 5.41 Å². The van der Waals surface area contributed by atoms with Crippen molar-refractivity contribution >= 4 is 23.8 Å². The molecular formula is C18H31N2NaO5. The third kappa shape index (κ3) is 8.18. The molecule has 0 saturated heterocycles. The van der Waals surface area contributed by atoms with Crippen LogP contribution in [0.5, 0.6) is 0 Å². The van der Waals surface area contributed by atoms with Gasteiger partial charge in [-0.15, -0.1) is 0 Å². The van der Waals surface area contributed by atoms with Crippen molar-refractivity contribution < 1.29 is 53.8 Å². The molecule has 7 nitrogen and oxygen atoms in total. The molecule has 0 aromatic heterocycles. The van der Waals surface area contributed by atoms with Crippen LogP contribution in [0.3, 0.4) is 0 Å². The van der Waals surface area contributed by atoms with Crippen molar-refractivity contribution in [2.24, 2.45) is 16.3 Å². The second-order valence-corrected chi connectivity index (χ2v) is 6.24. The van der Waals surface area contributed by atoms with Crippen LogP contribution in [0.2, 0.25) is 0 Å². The van der Waals surface area contributed by atoms with Gasteiger partial charge in [-0.25, -0.2) is 4.99 Å². The summed E-state index contributed by atoms with van der Waals surface area (Å²) in [5, 5.41) is 13.1. The Morgan fingerprint density at radius 2 is 1.85 bits per heavy atom. The van der Waals surface area contributed by atoms with E-state index in [0.29, 0.717) is 13.0 Å². The molecule has 0 bridgehead atoms. The monoisotopic (exact) mass is 378 g/mol. The Morgan fingerprint density at radius 1 is 1.23 bits per heavy atom. The van der Waals surface area contributed by atoms with E-state index in [0.717, 1.165) is 25.7 Å². The quantitative estimate of drug-likeness (QED) is 0.251. The second kappa shape index (κ2) is 14.2. The summed E-state index contributed by atoms with van der Waals surface area (Å²) in [6, 6.07) is -0.845. The number of unbranched alkanes of at least 4 members (excludes halogenated alkanes) is 2. The summed E-state index contributed by atoms with van der Waals surface area (Å²) in [5.74, 6) is -1.37. The molecule has 1 heterocycles. The molecule has 0 saturated carbocycles. The van der Waals surface area contributed by atoms with E-state index in [9.17, 15) is 19.5 Å². The smallest absolute Gasteiger partial charge is 0.846 e. The van der Waals surface area contributed by atoms with Gasteiger partial charge in [-0.05, 0) is 25.2 Å². The Bertz CT molecular complexity index is 496. The number of carbonyl (C=O) groups excluding carboxylic acids is 3. The van der Waals surface area contributed by atoms with Crippen LogP contribution in [-0.4, -0.2) is 30.4 Å². The number of nitrogens with zero attached hydrogens (tertiary/aromatic N) is 1. The average Bonchev–Trinajstić information content (AvgIpc) is 2.52. The van der Waals surface area contributed by atoms with Crippen molar-refractivity contribution in [3.8, 4) is 0 Å². The molecule has 2 unspecified atom stereocenters. The van der Waals surface area contributed by atoms with Crippen LogP contribution in [0.4, 0.5) is 0 Å². The summed E-state index contributed by atoms with van der Waals surface area (Å²) < 4.78 is 4.70. The molecule has 2 amide bonds. The fourth-order valence-corrected chi connectivity index (χ4v) is 2.87. The van der Waals surface area contributed by atoms with E-state index in [1.165, 1.54) is 13.3 Å². The first-order valence-corrected chi connectivity index (χ1v) is 9.01. The van der Waals surface area contributed by atoms with Crippen LogP contribution in [-0.2, 0) is 19.1 Å². The van der Waals surface area contributed by atoms with Crippen LogP contribution in [0.25, 0.3) is 0 Å². The number of carbonyl (C=O) groups is 3. The van der Waals surface area contributed by atoms with Gasteiger partial charge >= 0.3 is 35.5 Å². The predicted octanol–water partition coefficient (Wildman–Crippen LogP) is -1.06. The maximum absolute atomic E-state index is 11.9. The predicted molar refractivity (Wildman–Crippen MR) is 93.5 cm³/mol. The van der Waals surface area contributed by atoms with E-state index in [1.807, 2.05) is 13.8 Å². The number of aliphatic imine (C=N–C) groups is 1. The molecule has 144 valence electrons. The van der Waals surface area contributed by atoms with Crippen LogP contribution in [0.1, 0.15) is 73.1 Å². The zero-order valence-corrected chi connectivity index (χ0v) is 19.0. The minimum absolute atomic E-state index is 0. The number of hydrogen-bond acceptors (Lipinski definition) is 5. The first-order valence-electron chi connectivity index (χ1n) is 9.01. The fourth-order valence-electron chi connectivity index (χ4n) is 2.87. The van der Waals surface area contributed by atoms with Gasteiger partial charge in [-0.3, -0.25) is 14.4 Å². The number of rotatable bonds is 8. The standard InChI is InChI=1S/C11H18N2O3.C7H14O2.Na/c1-4-6-7(3)11(5-2)8(14)12-10(16)13-9(11)15;1-3-4-5-6-9-7(2)8;/h7H,4-6H2,1-3H3,(H2,12,13,14,15,16);3-6H2,1-2H3;/q;;+1/p-1. The molecule has 0 fully saturated rings. The summed E-state index contributed by atoms with van der Waals surface area (Å²) in [4.78, 5) is 37.2. The van der Waals surface area contributed by atoms with E-state index in [4.69, 9.17) is 4.74 Å². The normalized spacial score (nSPS) is 20.0. The molecular weight excluding hydrogens is 347 g/mol. The zero-order chi connectivity index (χ0) is 19.5. The van der Waals surface area contributed by atoms with E-state index in [-0.39, 0.29) is 41.4 Å². The maximum atomic E-state index is 11.9. The Kier molecular flexibility index (Phi) is 14.9. The molecule has 1 aliphatic heterocycles. The summed E-state index contributed by atoms with van der Waals surface area (Å²) in [6.07, 6.45) is 5.33. The largest absolute Gasteiger partial charge is 1.00 e. The third-order valence-corrected chi connectivity index (χ3v) is 4.38. The Labute approximate surface area is 178 Å². The van der Waals surface area contributed by atoms with Crippen molar-refractivity contribution in [2.75, 3.05) is 6.61 Å². The molecule has 1 N–H and O–H groups in total. The van der Waals surface area contributed by atoms with E-state index < -0.39 is 23.3 Å². The van der Waals surface area contributed by atoms with Crippen LogP contribution >= 0.6 is 0 Å². The maximum Gasteiger partial charge on any atom is 1.00 e. The van der Waals surface area contributed by atoms with E-state index in [2.05, 4.69) is 17.2 Å². The molecule has 0 spiro atoms. The van der Waals surface area contributed by atoms with Crippen molar-refractivity contribution in [3.05, 3.63) is 0 Å². The van der Waals surface area contributed by atoms with Crippen LogP contribution in [0, 0.1) is 11.3 Å². The second-order valence-electron chi connectivity index (χ2n) is 6.24. The summed E-state index contributed by atoms with van der Waals surface area (Å²) in [5.41, 5.74) is -1.15. The third-order valence-electron chi connectivity index (χ3n) is 4.38. The van der Waals surface area contributed by atoms with E-state index >= 15 is 0 Å². The van der Waals surface area contributed by atoms with Crippen molar-refractivity contribution in [1.29, 1.82) is 0 Å². The number of hydrogen-bond donors (Lipinski definition) is 1. The summed E-state index contributed by atoms with van der Waals surface area (Å²) >= 11 is 0. The molecule has 0 aliphatic carbocycles. The van der Waals surface area contributed by atoms with Gasteiger partial charge in [0.05, 0.1) is 12.6 Å². The molecule has 1 rings (SSSR count). The average molecular weight is 378 g/mol. The van der Waals surface area contributed by atoms with Crippen molar-refractivity contribution in [3.63, 3.8) is 0 Å². The van der Waals surface area contributed by atoms with Gasteiger partial charge in [0.2, 0.25) is 5.91 Å². The fraction of sp³-hybridized carbons (Fsp3) is 0.778. The molecule has 0 aromatic carbocycles. The summed E-state index contributed by atoms with van der Waals surface area (Å²) in [6.45, 7) is 9.76. The summed E-state index contributed by atoms with van der Waals surface area (Å²) in [7, 11) is 0. The van der Waals surface area contributed by atoms with Gasteiger partial charge in [0.15, 0.2) is 0 Å². The first-order chi connectivity index (χ1) is 11.8.